The maximum atomic E-state index is 12.4. The lowest BCUT2D eigenvalue weighted by atomic mass is 9.43. The molecule has 5 fully saturated rings. The van der Waals surface area contributed by atoms with Gasteiger partial charge < -0.3 is 34.3 Å². The number of carbonyl (C=O) groups is 1. The molecule has 4 saturated carbocycles. The standard InChI is InChI=1S/C30H46O8/c1-17-26(32)24(35-4)15-30(34,37-17)38-20-7-10-27(2)19(14-20)5-6-23-22(27)8-11-28(3)21(9-12-29(23,28)33)18-13-25(31)36-16-18/h13,17,19-24,26,32-34H,5-12,14-16H2,1-4H3/t17-,19-,20+,21+,22+,23-,24+,26-,27+,28-,29+,30-/m1/s1. The summed E-state index contributed by atoms with van der Waals surface area (Å²) in [4.78, 5) is 11.8. The molecule has 2 heterocycles. The monoisotopic (exact) mass is 534 g/mol. The highest BCUT2D eigenvalue weighted by Crippen LogP contribution is 2.70. The Labute approximate surface area is 226 Å². The summed E-state index contributed by atoms with van der Waals surface area (Å²) in [5, 5.41) is 33.9. The van der Waals surface area contributed by atoms with Crippen molar-refractivity contribution in [1.29, 1.82) is 0 Å². The van der Waals surface area contributed by atoms with Crippen LogP contribution >= 0.6 is 0 Å². The maximum absolute atomic E-state index is 12.4. The minimum absolute atomic E-state index is 0.0813. The van der Waals surface area contributed by atoms with E-state index in [1.54, 1.807) is 13.0 Å². The minimum Gasteiger partial charge on any atom is -0.458 e. The van der Waals surface area contributed by atoms with Crippen LogP contribution in [0.5, 0.6) is 0 Å². The first-order valence-electron chi connectivity index (χ1n) is 14.8. The van der Waals surface area contributed by atoms with E-state index < -0.39 is 29.9 Å². The van der Waals surface area contributed by atoms with E-state index in [-0.39, 0.29) is 41.2 Å². The van der Waals surface area contributed by atoms with Gasteiger partial charge in [0, 0.05) is 18.6 Å². The highest BCUT2D eigenvalue weighted by atomic mass is 16.8. The largest absolute Gasteiger partial charge is 0.458 e. The molecule has 8 nitrogen and oxygen atoms in total. The van der Waals surface area contributed by atoms with Gasteiger partial charge in [0.25, 0.3) is 5.97 Å². The Bertz CT molecular complexity index is 983. The fourth-order valence-electron chi connectivity index (χ4n) is 10.1. The molecule has 0 unspecified atom stereocenters. The van der Waals surface area contributed by atoms with Gasteiger partial charge in [-0.1, -0.05) is 13.8 Å². The summed E-state index contributed by atoms with van der Waals surface area (Å²) in [6, 6.07) is 0. The zero-order valence-electron chi connectivity index (χ0n) is 23.4. The number of carbonyl (C=O) groups excluding carboxylic acids is 1. The summed E-state index contributed by atoms with van der Waals surface area (Å²) in [5.74, 6) is -0.607. The van der Waals surface area contributed by atoms with Gasteiger partial charge in [0.15, 0.2) is 0 Å². The van der Waals surface area contributed by atoms with Crippen LogP contribution in [0.4, 0.5) is 0 Å². The minimum atomic E-state index is -1.75. The van der Waals surface area contributed by atoms with Crippen molar-refractivity contribution in [3.63, 3.8) is 0 Å². The normalized spacial score (nSPS) is 54.5. The quantitative estimate of drug-likeness (QED) is 0.285. The number of rotatable bonds is 4. The van der Waals surface area contributed by atoms with E-state index in [1.807, 2.05) is 0 Å². The molecule has 0 bridgehead atoms. The van der Waals surface area contributed by atoms with Crippen molar-refractivity contribution in [1.82, 2.24) is 0 Å². The summed E-state index contributed by atoms with van der Waals surface area (Å²) in [5.41, 5.74) is 0.257. The van der Waals surface area contributed by atoms with Crippen LogP contribution in [-0.2, 0) is 23.7 Å². The van der Waals surface area contributed by atoms with Crippen molar-refractivity contribution in [2.45, 2.75) is 121 Å². The highest BCUT2D eigenvalue weighted by Gasteiger charge is 2.68. The van der Waals surface area contributed by atoms with Gasteiger partial charge in [-0.25, -0.2) is 4.79 Å². The number of fused-ring (bicyclic) bond motifs is 5. The van der Waals surface area contributed by atoms with Gasteiger partial charge in [-0.2, -0.15) is 0 Å². The second-order valence-electron chi connectivity index (χ2n) is 13.8. The predicted molar refractivity (Wildman–Crippen MR) is 138 cm³/mol. The molecule has 0 radical (unpaired) electrons. The Morgan fingerprint density at radius 3 is 2.53 bits per heavy atom. The zero-order chi connectivity index (χ0) is 27.1. The molecule has 3 N–H and O–H groups in total. The van der Waals surface area contributed by atoms with E-state index >= 15 is 0 Å². The average Bonchev–Trinajstić information content (AvgIpc) is 3.41. The molecule has 0 aromatic carbocycles. The molecule has 1 saturated heterocycles. The Hall–Kier alpha value is -1.03. The molecule has 0 aromatic rings. The predicted octanol–water partition coefficient (Wildman–Crippen LogP) is 3.46. The molecule has 12 atom stereocenters. The second kappa shape index (κ2) is 9.25. The molecule has 0 spiro atoms. The molecule has 6 rings (SSSR count). The van der Waals surface area contributed by atoms with Gasteiger partial charge in [0.1, 0.15) is 12.7 Å². The third-order valence-corrected chi connectivity index (χ3v) is 12.3. The molecule has 0 amide bonds. The SMILES string of the molecule is CO[C@H]1C[C@](O)(O[C@H]2CC[C@@]3(C)[C@H](CC[C@@H]4[C@@H]3CC[C@]3(C)[C@H](C5=CC(=O)OC5)CC[C@]43O)C2)O[C@H](C)[C@H]1O. The van der Waals surface area contributed by atoms with Crippen molar-refractivity contribution in [3.05, 3.63) is 11.6 Å². The lowest BCUT2D eigenvalue weighted by molar-refractivity contribution is -0.425. The lowest BCUT2D eigenvalue weighted by Gasteiger charge is -2.64. The van der Waals surface area contributed by atoms with Crippen molar-refractivity contribution < 1.29 is 39.1 Å². The van der Waals surface area contributed by atoms with E-state index in [0.717, 1.165) is 63.4 Å². The topological polar surface area (TPSA) is 115 Å². The van der Waals surface area contributed by atoms with Crippen LogP contribution in [0.3, 0.4) is 0 Å². The summed E-state index contributed by atoms with van der Waals surface area (Å²) in [6.07, 6.45) is 8.23. The summed E-state index contributed by atoms with van der Waals surface area (Å²) in [7, 11) is 1.53. The summed E-state index contributed by atoms with van der Waals surface area (Å²) >= 11 is 0. The van der Waals surface area contributed by atoms with Gasteiger partial charge in [-0.05, 0) is 99.4 Å². The van der Waals surface area contributed by atoms with Crippen LogP contribution in [0.15, 0.2) is 11.6 Å². The smallest absolute Gasteiger partial charge is 0.331 e. The molecule has 4 aliphatic carbocycles. The number of aliphatic hydroxyl groups excluding tert-OH is 1. The van der Waals surface area contributed by atoms with Crippen molar-refractivity contribution >= 4 is 5.97 Å². The Kier molecular flexibility index (Phi) is 6.61. The van der Waals surface area contributed by atoms with Crippen LogP contribution in [0.1, 0.15) is 85.0 Å². The average molecular weight is 535 g/mol. The number of esters is 1. The van der Waals surface area contributed by atoms with Gasteiger partial charge in [-0.15, -0.1) is 0 Å². The maximum Gasteiger partial charge on any atom is 0.331 e. The first-order valence-corrected chi connectivity index (χ1v) is 14.8. The molecule has 2 aliphatic heterocycles. The Morgan fingerprint density at radius 1 is 1.03 bits per heavy atom. The molecule has 6 aliphatic rings. The van der Waals surface area contributed by atoms with Crippen molar-refractivity contribution in [2.24, 2.45) is 34.5 Å². The number of hydrogen-bond acceptors (Lipinski definition) is 8. The van der Waals surface area contributed by atoms with Crippen LogP contribution in [-0.4, -0.2) is 71.0 Å². The van der Waals surface area contributed by atoms with Gasteiger partial charge >= 0.3 is 5.97 Å². The lowest BCUT2D eigenvalue weighted by Crippen LogP contribution is -2.62. The van der Waals surface area contributed by atoms with Gasteiger partial charge in [0.05, 0.1) is 30.3 Å². The third-order valence-electron chi connectivity index (χ3n) is 12.3. The van der Waals surface area contributed by atoms with E-state index in [1.165, 1.54) is 7.11 Å². The molecule has 8 heteroatoms. The summed E-state index contributed by atoms with van der Waals surface area (Å²) in [6.45, 7) is 6.80. The third kappa shape index (κ3) is 3.96. The van der Waals surface area contributed by atoms with Crippen LogP contribution in [0.2, 0.25) is 0 Å². The van der Waals surface area contributed by atoms with Gasteiger partial charge in [-0.3, -0.25) is 0 Å². The Balaban J connectivity index is 1.16. The fourth-order valence-corrected chi connectivity index (χ4v) is 10.1. The first kappa shape index (κ1) is 27.2. The second-order valence-corrected chi connectivity index (χ2v) is 13.8. The Morgan fingerprint density at radius 2 is 1.82 bits per heavy atom. The zero-order valence-corrected chi connectivity index (χ0v) is 23.4. The van der Waals surface area contributed by atoms with Crippen LogP contribution < -0.4 is 0 Å². The van der Waals surface area contributed by atoms with E-state index in [4.69, 9.17) is 18.9 Å². The molecule has 38 heavy (non-hydrogen) atoms. The van der Waals surface area contributed by atoms with Crippen LogP contribution in [0, 0.1) is 34.5 Å². The number of aliphatic hydroxyl groups is 3. The van der Waals surface area contributed by atoms with Crippen molar-refractivity contribution in [3.8, 4) is 0 Å². The molecule has 0 aromatic heterocycles. The van der Waals surface area contributed by atoms with Crippen molar-refractivity contribution in [2.75, 3.05) is 13.7 Å². The van der Waals surface area contributed by atoms with E-state index in [0.29, 0.717) is 18.4 Å². The van der Waals surface area contributed by atoms with Crippen LogP contribution in [0.25, 0.3) is 0 Å². The van der Waals surface area contributed by atoms with E-state index in [9.17, 15) is 20.1 Å². The number of methoxy groups -OCH3 is 1. The van der Waals surface area contributed by atoms with Gasteiger partial charge in [0.2, 0.25) is 0 Å². The summed E-state index contributed by atoms with van der Waals surface area (Å²) < 4.78 is 22.6. The fraction of sp³-hybridized carbons (Fsp3) is 0.900. The van der Waals surface area contributed by atoms with E-state index in [2.05, 4.69) is 13.8 Å². The number of cyclic esters (lactones) is 1. The molecule has 214 valence electrons. The number of hydrogen-bond donors (Lipinski definition) is 3. The molecular formula is C30H46O8. The number of ether oxygens (including phenoxy) is 4. The highest BCUT2D eigenvalue weighted by molar-refractivity contribution is 5.85. The first-order chi connectivity index (χ1) is 17.9. The molecular weight excluding hydrogens is 488 g/mol.